The van der Waals surface area contributed by atoms with Gasteiger partial charge in [-0.3, -0.25) is 9.59 Å². The van der Waals surface area contributed by atoms with Crippen molar-refractivity contribution in [2.75, 3.05) is 23.9 Å². The summed E-state index contributed by atoms with van der Waals surface area (Å²) in [6, 6.07) is 8.67. The van der Waals surface area contributed by atoms with Crippen LogP contribution in [0.1, 0.15) is 12.0 Å². The smallest absolute Gasteiger partial charge is 0.230 e. The predicted molar refractivity (Wildman–Crippen MR) is 96.1 cm³/mol. The van der Waals surface area contributed by atoms with Crippen LogP contribution in [0.5, 0.6) is 5.75 Å². The van der Waals surface area contributed by atoms with E-state index in [1.807, 2.05) is 13.0 Å². The zero-order valence-electron chi connectivity index (χ0n) is 14.0. The molecule has 1 N–H and O–H groups in total. The lowest BCUT2D eigenvalue weighted by Crippen LogP contribution is -2.28. The number of carbonyl (C=O) groups is 2. The maximum absolute atomic E-state index is 12.5. The minimum Gasteiger partial charge on any atom is -0.495 e. The van der Waals surface area contributed by atoms with Gasteiger partial charge in [-0.05, 0) is 36.8 Å². The minimum absolute atomic E-state index is 0.132. The van der Waals surface area contributed by atoms with Gasteiger partial charge in [-0.2, -0.15) is 0 Å². The lowest BCUT2D eigenvalue weighted by molar-refractivity contribution is -0.122. The second-order valence-corrected chi connectivity index (χ2v) is 6.37. The molecule has 1 aliphatic heterocycles. The third-order valence-corrected chi connectivity index (χ3v) is 4.33. The van der Waals surface area contributed by atoms with Gasteiger partial charge in [0.05, 0.1) is 18.7 Å². The number of nitrogens with one attached hydrogen (secondary N) is 1. The molecule has 1 aliphatic rings. The fourth-order valence-corrected chi connectivity index (χ4v) is 2.93. The summed E-state index contributed by atoms with van der Waals surface area (Å²) in [6.45, 7) is 2.19. The van der Waals surface area contributed by atoms with E-state index in [1.54, 1.807) is 30.5 Å². The Morgan fingerprint density at radius 2 is 2.16 bits per heavy atom. The minimum atomic E-state index is -0.459. The summed E-state index contributed by atoms with van der Waals surface area (Å²) in [5, 5.41) is 3.26. The van der Waals surface area contributed by atoms with E-state index >= 15 is 0 Å². The third-order valence-electron chi connectivity index (χ3n) is 4.09. The summed E-state index contributed by atoms with van der Waals surface area (Å²) in [7, 11) is 1.53. The quantitative estimate of drug-likeness (QED) is 0.910. The van der Waals surface area contributed by atoms with E-state index in [2.05, 4.69) is 10.3 Å². The average molecular weight is 360 g/mol. The second kappa shape index (κ2) is 7.11. The number of aromatic nitrogens is 1. The van der Waals surface area contributed by atoms with Crippen LogP contribution in [-0.2, 0) is 9.59 Å². The van der Waals surface area contributed by atoms with Crippen LogP contribution in [0.4, 0.5) is 11.5 Å². The molecule has 1 fully saturated rings. The van der Waals surface area contributed by atoms with Gasteiger partial charge in [-0.15, -0.1) is 0 Å². The Kier molecular flexibility index (Phi) is 4.90. The number of hydrogen-bond acceptors (Lipinski definition) is 4. The molecule has 7 heteroatoms. The van der Waals surface area contributed by atoms with E-state index in [0.717, 1.165) is 5.56 Å². The Bertz CT molecular complexity index is 808. The number of anilines is 2. The van der Waals surface area contributed by atoms with Crippen LogP contribution in [0, 0.1) is 12.8 Å². The largest absolute Gasteiger partial charge is 0.495 e. The van der Waals surface area contributed by atoms with Crippen molar-refractivity contribution >= 4 is 34.9 Å². The molecular weight excluding hydrogens is 342 g/mol. The monoisotopic (exact) mass is 359 g/mol. The Morgan fingerprint density at radius 3 is 2.84 bits per heavy atom. The van der Waals surface area contributed by atoms with Crippen molar-refractivity contribution in [3.8, 4) is 5.75 Å². The first-order valence-corrected chi connectivity index (χ1v) is 8.23. The van der Waals surface area contributed by atoms with Crippen LogP contribution in [0.25, 0.3) is 0 Å². The number of ether oxygens (including phenoxy) is 1. The molecule has 1 saturated heterocycles. The first-order valence-electron chi connectivity index (χ1n) is 7.85. The number of hydrogen-bond donors (Lipinski definition) is 1. The van der Waals surface area contributed by atoms with Gasteiger partial charge in [0, 0.05) is 24.2 Å². The highest BCUT2D eigenvalue weighted by atomic mass is 35.5. The molecule has 0 aliphatic carbocycles. The van der Waals surface area contributed by atoms with Gasteiger partial charge in [0.15, 0.2) is 0 Å². The van der Waals surface area contributed by atoms with Gasteiger partial charge in [0.1, 0.15) is 11.6 Å². The fraction of sp³-hybridized carbons (Fsp3) is 0.278. The highest BCUT2D eigenvalue weighted by molar-refractivity contribution is 6.31. The molecule has 6 nitrogen and oxygen atoms in total. The van der Waals surface area contributed by atoms with Crippen LogP contribution in [-0.4, -0.2) is 30.5 Å². The van der Waals surface area contributed by atoms with Crippen LogP contribution in [0.3, 0.4) is 0 Å². The van der Waals surface area contributed by atoms with Crippen molar-refractivity contribution in [2.45, 2.75) is 13.3 Å². The Balaban J connectivity index is 1.75. The summed E-state index contributed by atoms with van der Waals surface area (Å²) >= 11 is 6.04. The molecule has 0 bridgehead atoms. The molecule has 25 heavy (non-hydrogen) atoms. The highest BCUT2D eigenvalue weighted by Crippen LogP contribution is 2.35. The van der Waals surface area contributed by atoms with Crippen LogP contribution >= 0.6 is 11.6 Å². The summed E-state index contributed by atoms with van der Waals surface area (Å²) in [5.41, 5.74) is 1.58. The van der Waals surface area contributed by atoms with E-state index < -0.39 is 5.92 Å². The SMILES string of the molecule is COc1ccc(Cl)cc1N1C[C@@H](C(=O)Nc2ccc(C)cn2)CC1=O. The molecule has 3 rings (SSSR count). The van der Waals surface area contributed by atoms with Crippen LogP contribution < -0.4 is 15.0 Å². The first-order chi connectivity index (χ1) is 12.0. The number of aryl methyl sites for hydroxylation is 1. The maximum Gasteiger partial charge on any atom is 0.230 e. The molecule has 130 valence electrons. The standard InChI is InChI=1S/C18H18ClN3O3/c1-11-3-6-16(20-9-11)21-18(24)12-7-17(23)22(10-12)14-8-13(19)4-5-15(14)25-2/h3-6,8-9,12H,7,10H2,1-2H3,(H,20,21,24)/t12-/m0/s1. The van der Waals surface area contributed by atoms with E-state index in [1.165, 1.54) is 12.0 Å². The van der Waals surface area contributed by atoms with Crippen molar-refractivity contribution in [3.63, 3.8) is 0 Å². The summed E-state index contributed by atoms with van der Waals surface area (Å²) in [4.78, 5) is 30.6. The molecule has 0 unspecified atom stereocenters. The lowest BCUT2D eigenvalue weighted by Gasteiger charge is -2.19. The lowest BCUT2D eigenvalue weighted by atomic mass is 10.1. The van der Waals surface area contributed by atoms with Gasteiger partial charge in [-0.1, -0.05) is 17.7 Å². The van der Waals surface area contributed by atoms with Gasteiger partial charge in [-0.25, -0.2) is 4.98 Å². The van der Waals surface area contributed by atoms with Gasteiger partial charge >= 0.3 is 0 Å². The predicted octanol–water partition coefficient (Wildman–Crippen LogP) is 3.04. The molecule has 0 saturated carbocycles. The van der Waals surface area contributed by atoms with Gasteiger partial charge < -0.3 is 15.0 Å². The summed E-state index contributed by atoms with van der Waals surface area (Å²) in [6.07, 6.45) is 1.81. The molecule has 2 heterocycles. The van der Waals surface area contributed by atoms with Gasteiger partial charge in [0.2, 0.25) is 11.8 Å². The molecular formula is C18H18ClN3O3. The molecule has 1 aromatic carbocycles. The molecule has 0 spiro atoms. The van der Waals surface area contributed by atoms with Crippen molar-refractivity contribution < 1.29 is 14.3 Å². The number of nitrogens with zero attached hydrogens (tertiary/aromatic N) is 2. The third kappa shape index (κ3) is 3.74. The Labute approximate surface area is 150 Å². The zero-order valence-corrected chi connectivity index (χ0v) is 14.7. The average Bonchev–Trinajstić information content (AvgIpc) is 2.98. The van der Waals surface area contributed by atoms with Crippen LogP contribution in [0.2, 0.25) is 5.02 Å². The van der Waals surface area contributed by atoms with Crippen molar-refractivity contribution in [1.29, 1.82) is 0 Å². The van der Waals surface area contributed by atoms with E-state index in [4.69, 9.17) is 16.3 Å². The number of carbonyl (C=O) groups excluding carboxylic acids is 2. The Morgan fingerprint density at radius 1 is 1.36 bits per heavy atom. The highest BCUT2D eigenvalue weighted by Gasteiger charge is 2.36. The molecule has 1 atom stereocenters. The normalized spacial score (nSPS) is 16.8. The Hall–Kier alpha value is -2.60. The first kappa shape index (κ1) is 17.2. The van der Waals surface area contributed by atoms with Gasteiger partial charge in [0.25, 0.3) is 0 Å². The number of benzene rings is 1. The van der Waals surface area contributed by atoms with E-state index in [9.17, 15) is 9.59 Å². The fourth-order valence-electron chi connectivity index (χ4n) is 2.76. The number of pyridine rings is 1. The van der Waals surface area contributed by atoms with E-state index in [0.29, 0.717) is 22.3 Å². The molecule has 0 radical (unpaired) electrons. The number of methoxy groups -OCH3 is 1. The second-order valence-electron chi connectivity index (χ2n) is 5.93. The summed E-state index contributed by atoms with van der Waals surface area (Å²) in [5.74, 6) is 0.186. The number of rotatable bonds is 4. The zero-order chi connectivity index (χ0) is 18.0. The van der Waals surface area contributed by atoms with Crippen molar-refractivity contribution in [3.05, 3.63) is 47.1 Å². The number of amides is 2. The molecule has 2 amide bonds. The topological polar surface area (TPSA) is 71.5 Å². The maximum atomic E-state index is 12.5. The molecule has 2 aromatic rings. The molecule has 1 aromatic heterocycles. The van der Waals surface area contributed by atoms with Crippen molar-refractivity contribution in [1.82, 2.24) is 4.98 Å². The number of halogens is 1. The van der Waals surface area contributed by atoms with E-state index in [-0.39, 0.29) is 24.8 Å². The summed E-state index contributed by atoms with van der Waals surface area (Å²) < 4.78 is 5.30. The van der Waals surface area contributed by atoms with Crippen molar-refractivity contribution in [2.24, 2.45) is 5.92 Å². The van der Waals surface area contributed by atoms with Crippen LogP contribution in [0.15, 0.2) is 36.5 Å².